The first kappa shape index (κ1) is 15.3. The van der Waals surface area contributed by atoms with Gasteiger partial charge in [0.1, 0.15) is 0 Å². The highest BCUT2D eigenvalue weighted by Crippen LogP contribution is 2.00. The van der Waals surface area contributed by atoms with Crippen LogP contribution in [0.1, 0.15) is 32.6 Å². The van der Waals surface area contributed by atoms with E-state index in [0.717, 1.165) is 19.6 Å². The molecule has 0 spiro atoms. The minimum atomic E-state index is 0.125. The highest BCUT2D eigenvalue weighted by atomic mass is 16.1. The second-order valence-corrected chi connectivity index (χ2v) is 4.29. The quantitative estimate of drug-likeness (QED) is 0.456. The fraction of sp³-hybridized carbons (Fsp3) is 0.769. The summed E-state index contributed by atoms with van der Waals surface area (Å²) in [6, 6.07) is 0. The first-order valence-electron chi connectivity index (χ1n) is 6.17. The summed E-state index contributed by atoms with van der Waals surface area (Å²) in [5.74, 6) is 0.125. The Hall–Kier alpha value is -0.670. The van der Waals surface area contributed by atoms with E-state index >= 15 is 0 Å². The molecule has 3 heteroatoms. The van der Waals surface area contributed by atoms with Gasteiger partial charge in [-0.05, 0) is 53.0 Å². The van der Waals surface area contributed by atoms with Gasteiger partial charge in [-0.3, -0.25) is 4.79 Å². The molecule has 0 rings (SSSR count). The summed E-state index contributed by atoms with van der Waals surface area (Å²) in [4.78, 5) is 12.9. The van der Waals surface area contributed by atoms with Crippen molar-refractivity contribution in [3.8, 4) is 0 Å². The van der Waals surface area contributed by atoms with Crippen molar-refractivity contribution >= 4 is 5.78 Å². The molecule has 0 radical (unpaired) electrons. The van der Waals surface area contributed by atoms with Gasteiger partial charge in [-0.25, -0.2) is 0 Å². The summed E-state index contributed by atoms with van der Waals surface area (Å²) in [5, 5.41) is 3.15. The van der Waals surface area contributed by atoms with Gasteiger partial charge in [0, 0.05) is 6.54 Å². The third-order valence-corrected chi connectivity index (χ3v) is 2.49. The average Bonchev–Trinajstić information content (AvgIpc) is 2.22. The summed E-state index contributed by atoms with van der Waals surface area (Å²) < 4.78 is 0. The van der Waals surface area contributed by atoms with Crippen molar-refractivity contribution in [1.82, 2.24) is 10.2 Å². The van der Waals surface area contributed by atoms with Crippen molar-refractivity contribution in [2.75, 3.05) is 33.7 Å². The summed E-state index contributed by atoms with van der Waals surface area (Å²) in [5.41, 5.74) is 0. The van der Waals surface area contributed by atoms with Gasteiger partial charge in [0.25, 0.3) is 0 Å². The van der Waals surface area contributed by atoms with E-state index in [9.17, 15) is 4.79 Å². The van der Waals surface area contributed by atoms with Crippen LogP contribution in [0, 0.1) is 0 Å². The molecule has 0 aromatic heterocycles. The topological polar surface area (TPSA) is 32.3 Å². The molecule has 0 unspecified atom stereocenters. The predicted molar refractivity (Wildman–Crippen MR) is 69.7 cm³/mol. The van der Waals surface area contributed by atoms with Crippen LogP contribution in [0.15, 0.2) is 12.2 Å². The average molecular weight is 226 g/mol. The van der Waals surface area contributed by atoms with Crippen LogP contribution in [-0.2, 0) is 4.79 Å². The molecule has 94 valence electrons. The number of allylic oxidation sites excluding steroid dienone is 1. The van der Waals surface area contributed by atoms with E-state index in [1.807, 2.05) is 13.1 Å². The molecule has 0 bridgehead atoms. The van der Waals surface area contributed by atoms with Crippen molar-refractivity contribution in [2.24, 2.45) is 0 Å². The number of nitrogens with zero attached hydrogens (tertiary/aromatic N) is 1. The zero-order chi connectivity index (χ0) is 12.2. The summed E-state index contributed by atoms with van der Waals surface area (Å²) in [7, 11) is 4.09. The second kappa shape index (κ2) is 10.8. The molecule has 1 N–H and O–H groups in total. The van der Waals surface area contributed by atoms with Gasteiger partial charge in [0.2, 0.25) is 0 Å². The maximum Gasteiger partial charge on any atom is 0.152 e. The molecule has 0 saturated heterocycles. The number of hydrogen-bond donors (Lipinski definition) is 1. The van der Waals surface area contributed by atoms with Crippen LogP contribution in [0.3, 0.4) is 0 Å². The zero-order valence-electron chi connectivity index (χ0n) is 11.0. The summed E-state index contributed by atoms with van der Waals surface area (Å²) in [6.45, 7) is 4.69. The van der Waals surface area contributed by atoms with Crippen molar-refractivity contribution in [3.05, 3.63) is 12.2 Å². The van der Waals surface area contributed by atoms with Crippen LogP contribution < -0.4 is 5.32 Å². The van der Waals surface area contributed by atoms with Crippen LogP contribution in [0.25, 0.3) is 0 Å². The highest BCUT2D eigenvalue weighted by molar-refractivity contribution is 5.87. The summed E-state index contributed by atoms with van der Waals surface area (Å²) >= 11 is 0. The smallest absolute Gasteiger partial charge is 0.152 e. The van der Waals surface area contributed by atoms with Crippen LogP contribution in [0.2, 0.25) is 0 Å². The van der Waals surface area contributed by atoms with Gasteiger partial charge in [0.05, 0.1) is 0 Å². The first-order valence-corrected chi connectivity index (χ1v) is 6.17. The molecule has 0 atom stereocenters. The lowest BCUT2D eigenvalue weighted by Crippen LogP contribution is -2.19. The number of carbonyl (C=O) groups is 1. The van der Waals surface area contributed by atoms with Crippen molar-refractivity contribution in [2.45, 2.75) is 32.6 Å². The number of nitrogens with one attached hydrogen (secondary N) is 1. The molecule has 0 heterocycles. The molecule has 3 nitrogen and oxygen atoms in total. The van der Waals surface area contributed by atoms with E-state index in [0.29, 0.717) is 0 Å². The Morgan fingerprint density at radius 3 is 2.56 bits per heavy atom. The fourth-order valence-electron chi connectivity index (χ4n) is 1.53. The van der Waals surface area contributed by atoms with Gasteiger partial charge in [-0.2, -0.15) is 0 Å². The normalized spacial score (nSPS) is 11.5. The van der Waals surface area contributed by atoms with E-state index in [1.54, 1.807) is 13.0 Å². The van der Waals surface area contributed by atoms with E-state index in [1.165, 1.54) is 25.7 Å². The Bertz CT molecular complexity index is 202. The minimum absolute atomic E-state index is 0.125. The van der Waals surface area contributed by atoms with Gasteiger partial charge in [-0.15, -0.1) is 0 Å². The predicted octanol–water partition coefficient (Wildman–Crippen LogP) is 1.84. The maximum atomic E-state index is 10.7. The Kier molecular flexibility index (Phi) is 10.4. The molecule has 0 aliphatic carbocycles. The van der Waals surface area contributed by atoms with Gasteiger partial charge in [0.15, 0.2) is 5.78 Å². The largest absolute Gasteiger partial charge is 0.320 e. The molecule has 0 amide bonds. The number of carbonyl (C=O) groups excluding carboxylic acids is 1. The van der Waals surface area contributed by atoms with Crippen LogP contribution in [-0.4, -0.2) is 44.4 Å². The molecule has 0 saturated carbocycles. The third-order valence-electron chi connectivity index (χ3n) is 2.49. The van der Waals surface area contributed by atoms with E-state index in [-0.39, 0.29) is 5.78 Å². The highest BCUT2D eigenvalue weighted by Gasteiger charge is 1.95. The molecule has 0 fully saturated rings. The third kappa shape index (κ3) is 11.4. The molecular weight excluding hydrogens is 200 g/mol. The minimum Gasteiger partial charge on any atom is -0.320 e. The van der Waals surface area contributed by atoms with Gasteiger partial charge in [-0.1, -0.05) is 18.9 Å². The number of rotatable bonds is 10. The van der Waals surface area contributed by atoms with Gasteiger partial charge < -0.3 is 10.2 Å². The molecule has 0 aromatic rings. The lowest BCUT2D eigenvalue weighted by atomic mass is 10.2. The fourth-order valence-corrected chi connectivity index (χ4v) is 1.53. The zero-order valence-corrected chi connectivity index (χ0v) is 11.0. The maximum absolute atomic E-state index is 10.7. The van der Waals surface area contributed by atoms with Crippen LogP contribution in [0.4, 0.5) is 0 Å². The SMILES string of the molecule is CNCCCCCCN(C)C/C=C/C(C)=O. The lowest BCUT2D eigenvalue weighted by molar-refractivity contribution is -0.112. The summed E-state index contributed by atoms with van der Waals surface area (Å²) in [6.07, 6.45) is 8.69. The van der Waals surface area contributed by atoms with Crippen LogP contribution in [0.5, 0.6) is 0 Å². The number of unbranched alkanes of at least 4 members (excludes halogenated alkanes) is 3. The van der Waals surface area contributed by atoms with E-state index < -0.39 is 0 Å². The molecule has 16 heavy (non-hydrogen) atoms. The Labute approximate surface area is 99.9 Å². The van der Waals surface area contributed by atoms with Crippen LogP contribution >= 0.6 is 0 Å². The van der Waals surface area contributed by atoms with Crippen molar-refractivity contribution < 1.29 is 4.79 Å². The standard InChI is InChI=1S/C13H26N2O/c1-13(16)9-8-12-15(3)11-7-5-4-6-10-14-2/h8-9,14H,4-7,10-12H2,1-3H3/b9-8+. The van der Waals surface area contributed by atoms with E-state index in [2.05, 4.69) is 17.3 Å². The second-order valence-electron chi connectivity index (χ2n) is 4.29. The Balaban J connectivity index is 3.30. The first-order chi connectivity index (χ1) is 7.66. The molecule has 0 aromatic carbocycles. The van der Waals surface area contributed by atoms with Crippen molar-refractivity contribution in [3.63, 3.8) is 0 Å². The monoisotopic (exact) mass is 226 g/mol. The molecular formula is C13H26N2O. The molecule has 0 aliphatic heterocycles. The number of hydrogen-bond acceptors (Lipinski definition) is 3. The molecule has 0 aliphatic rings. The number of likely N-dealkylation sites (N-methyl/N-ethyl adjacent to an activating group) is 1. The van der Waals surface area contributed by atoms with Gasteiger partial charge >= 0.3 is 0 Å². The van der Waals surface area contributed by atoms with Crippen molar-refractivity contribution in [1.29, 1.82) is 0 Å². The lowest BCUT2D eigenvalue weighted by Gasteiger charge is -2.13. The van der Waals surface area contributed by atoms with E-state index in [4.69, 9.17) is 0 Å². The Morgan fingerprint density at radius 1 is 1.25 bits per heavy atom. The Morgan fingerprint density at radius 2 is 1.94 bits per heavy atom. The number of ketones is 1.